The molecule has 0 atom stereocenters. The second-order valence-corrected chi connectivity index (χ2v) is 4.79. The number of hydrogen-bond acceptors (Lipinski definition) is 4. The number of nitrogens with zero attached hydrogens (tertiary/aromatic N) is 3. The highest BCUT2D eigenvalue weighted by atomic mass is 32.1. The number of hydrogen-bond donors (Lipinski definition) is 2. The summed E-state index contributed by atoms with van der Waals surface area (Å²) in [6, 6.07) is 7.04. The van der Waals surface area contributed by atoms with Crippen LogP contribution >= 0.6 is 12.2 Å². The van der Waals surface area contributed by atoms with Gasteiger partial charge in [0.15, 0.2) is 0 Å². The molecule has 0 fully saturated rings. The molecule has 1 amide bonds. The Bertz CT molecular complexity index is 647. The number of benzene rings is 1. The lowest BCUT2D eigenvalue weighted by Crippen LogP contribution is -2.20. The smallest absolute Gasteiger partial charge is 0.246 e. The Balaban J connectivity index is 2.01. The summed E-state index contributed by atoms with van der Waals surface area (Å²) in [5.41, 5.74) is 6.96. The van der Waals surface area contributed by atoms with Gasteiger partial charge in [-0.2, -0.15) is 5.10 Å². The van der Waals surface area contributed by atoms with E-state index >= 15 is 0 Å². The van der Waals surface area contributed by atoms with E-state index in [9.17, 15) is 4.79 Å². The molecular weight excluding hydrogens is 274 g/mol. The van der Waals surface area contributed by atoms with Crippen molar-refractivity contribution >= 4 is 28.8 Å². The number of carbonyl (C=O) groups excluding carboxylic acids is 1. The Morgan fingerprint density at radius 1 is 1.35 bits per heavy atom. The van der Waals surface area contributed by atoms with E-state index in [-0.39, 0.29) is 12.5 Å². The number of aromatic nitrogens is 3. The summed E-state index contributed by atoms with van der Waals surface area (Å²) in [7, 11) is 0. The monoisotopic (exact) mass is 289 g/mol. The van der Waals surface area contributed by atoms with Crippen LogP contribution in [0, 0.1) is 13.8 Å². The molecule has 0 aliphatic rings. The van der Waals surface area contributed by atoms with Crippen LogP contribution < -0.4 is 11.1 Å². The second kappa shape index (κ2) is 5.79. The van der Waals surface area contributed by atoms with Crippen molar-refractivity contribution in [3.63, 3.8) is 0 Å². The summed E-state index contributed by atoms with van der Waals surface area (Å²) >= 11 is 4.87. The van der Waals surface area contributed by atoms with Gasteiger partial charge in [-0.05, 0) is 38.1 Å². The van der Waals surface area contributed by atoms with Crippen LogP contribution in [0.5, 0.6) is 0 Å². The zero-order chi connectivity index (χ0) is 14.7. The first-order valence-electron chi connectivity index (χ1n) is 6.03. The average molecular weight is 289 g/mol. The standard InChI is InChI=1S/C13H15N5OS/c1-8-15-9(2)18(17-8)7-12(19)16-11-5-3-10(4-6-11)13(14)20/h3-6H,7H2,1-2H3,(H2,14,20)(H,16,19). The SMILES string of the molecule is Cc1nc(C)n(CC(=O)Nc2ccc(C(N)=S)cc2)n1. The maximum Gasteiger partial charge on any atom is 0.246 e. The van der Waals surface area contributed by atoms with Crippen LogP contribution in [0.4, 0.5) is 5.69 Å². The normalized spacial score (nSPS) is 10.3. The minimum Gasteiger partial charge on any atom is -0.389 e. The summed E-state index contributed by atoms with van der Waals surface area (Å²) in [6.07, 6.45) is 0. The molecule has 0 aliphatic carbocycles. The van der Waals surface area contributed by atoms with E-state index in [1.54, 1.807) is 35.9 Å². The molecule has 0 saturated carbocycles. The van der Waals surface area contributed by atoms with Gasteiger partial charge in [-0.1, -0.05) is 12.2 Å². The highest BCUT2D eigenvalue weighted by molar-refractivity contribution is 7.80. The average Bonchev–Trinajstić information content (AvgIpc) is 2.68. The van der Waals surface area contributed by atoms with Gasteiger partial charge in [0, 0.05) is 11.3 Å². The first kappa shape index (κ1) is 14.1. The summed E-state index contributed by atoms with van der Waals surface area (Å²) < 4.78 is 1.56. The van der Waals surface area contributed by atoms with Gasteiger partial charge < -0.3 is 11.1 Å². The fourth-order valence-corrected chi connectivity index (χ4v) is 1.90. The van der Waals surface area contributed by atoms with E-state index in [1.165, 1.54) is 0 Å². The number of nitrogens with one attached hydrogen (secondary N) is 1. The maximum absolute atomic E-state index is 11.9. The molecule has 0 aliphatic heterocycles. The lowest BCUT2D eigenvalue weighted by Gasteiger charge is -2.07. The molecule has 0 radical (unpaired) electrons. The van der Waals surface area contributed by atoms with E-state index in [0.717, 1.165) is 5.56 Å². The van der Waals surface area contributed by atoms with Crippen molar-refractivity contribution in [2.45, 2.75) is 20.4 Å². The number of nitrogens with two attached hydrogens (primary N) is 1. The Labute approximate surface area is 122 Å². The third-order valence-corrected chi connectivity index (χ3v) is 2.94. The van der Waals surface area contributed by atoms with Crippen molar-refractivity contribution in [3.05, 3.63) is 41.5 Å². The molecular formula is C13H15N5OS. The fourth-order valence-electron chi connectivity index (χ4n) is 1.77. The molecule has 6 nitrogen and oxygen atoms in total. The van der Waals surface area contributed by atoms with Crippen LogP contribution in [-0.4, -0.2) is 25.7 Å². The van der Waals surface area contributed by atoms with Crippen molar-refractivity contribution in [1.29, 1.82) is 0 Å². The third-order valence-electron chi connectivity index (χ3n) is 2.71. The topological polar surface area (TPSA) is 85.8 Å². The first-order valence-corrected chi connectivity index (χ1v) is 6.44. The molecule has 1 heterocycles. The molecule has 3 N–H and O–H groups in total. The summed E-state index contributed by atoms with van der Waals surface area (Å²) in [5, 5.41) is 6.92. The van der Waals surface area contributed by atoms with E-state index in [4.69, 9.17) is 18.0 Å². The third kappa shape index (κ3) is 3.39. The quantitative estimate of drug-likeness (QED) is 0.825. The number of anilines is 1. The molecule has 0 unspecified atom stereocenters. The largest absolute Gasteiger partial charge is 0.389 e. The van der Waals surface area contributed by atoms with Crippen LogP contribution in [0.1, 0.15) is 17.2 Å². The summed E-state index contributed by atoms with van der Waals surface area (Å²) in [4.78, 5) is 16.4. The van der Waals surface area contributed by atoms with Gasteiger partial charge in [-0.15, -0.1) is 0 Å². The number of carbonyl (C=O) groups is 1. The van der Waals surface area contributed by atoms with Crippen LogP contribution in [0.25, 0.3) is 0 Å². The summed E-state index contributed by atoms with van der Waals surface area (Å²) in [5.74, 6) is 1.19. The lowest BCUT2D eigenvalue weighted by atomic mass is 10.2. The highest BCUT2D eigenvalue weighted by Crippen LogP contribution is 2.09. The highest BCUT2D eigenvalue weighted by Gasteiger charge is 2.08. The van der Waals surface area contributed by atoms with Gasteiger partial charge >= 0.3 is 0 Å². The van der Waals surface area contributed by atoms with Gasteiger partial charge in [0.05, 0.1) is 0 Å². The van der Waals surface area contributed by atoms with Crippen molar-refractivity contribution in [2.24, 2.45) is 5.73 Å². The Morgan fingerprint density at radius 3 is 2.50 bits per heavy atom. The number of thiocarbonyl (C=S) groups is 1. The molecule has 1 aromatic carbocycles. The molecule has 104 valence electrons. The van der Waals surface area contributed by atoms with E-state index in [2.05, 4.69) is 15.4 Å². The molecule has 0 bridgehead atoms. The van der Waals surface area contributed by atoms with Gasteiger partial charge in [0.25, 0.3) is 0 Å². The Hall–Kier alpha value is -2.28. The second-order valence-electron chi connectivity index (χ2n) is 4.35. The predicted molar refractivity (Wildman–Crippen MR) is 80.5 cm³/mol. The fraction of sp³-hybridized carbons (Fsp3) is 0.231. The molecule has 7 heteroatoms. The maximum atomic E-state index is 11.9. The molecule has 20 heavy (non-hydrogen) atoms. The Morgan fingerprint density at radius 2 is 2.00 bits per heavy atom. The zero-order valence-electron chi connectivity index (χ0n) is 11.3. The minimum absolute atomic E-state index is 0.129. The van der Waals surface area contributed by atoms with Crippen molar-refractivity contribution in [3.8, 4) is 0 Å². The lowest BCUT2D eigenvalue weighted by molar-refractivity contribution is -0.116. The Kier molecular flexibility index (Phi) is 4.09. The number of amides is 1. The molecule has 0 saturated heterocycles. The van der Waals surface area contributed by atoms with E-state index in [1.807, 2.05) is 6.92 Å². The summed E-state index contributed by atoms with van der Waals surface area (Å²) in [6.45, 7) is 3.73. The van der Waals surface area contributed by atoms with Crippen molar-refractivity contribution < 1.29 is 4.79 Å². The minimum atomic E-state index is -0.166. The number of rotatable bonds is 4. The van der Waals surface area contributed by atoms with E-state index < -0.39 is 0 Å². The van der Waals surface area contributed by atoms with Crippen LogP contribution in [0.2, 0.25) is 0 Å². The zero-order valence-corrected chi connectivity index (χ0v) is 12.1. The predicted octanol–water partition coefficient (Wildman–Crippen LogP) is 1.17. The van der Waals surface area contributed by atoms with Gasteiger partial charge in [-0.25, -0.2) is 9.67 Å². The van der Waals surface area contributed by atoms with Crippen LogP contribution in [0.3, 0.4) is 0 Å². The number of aryl methyl sites for hydroxylation is 2. The molecule has 2 aromatic rings. The van der Waals surface area contributed by atoms with Crippen LogP contribution in [-0.2, 0) is 11.3 Å². The van der Waals surface area contributed by atoms with Crippen LogP contribution in [0.15, 0.2) is 24.3 Å². The molecule has 0 spiro atoms. The van der Waals surface area contributed by atoms with Gasteiger partial charge in [0.2, 0.25) is 5.91 Å². The van der Waals surface area contributed by atoms with E-state index in [0.29, 0.717) is 22.3 Å². The van der Waals surface area contributed by atoms with Crippen molar-refractivity contribution in [1.82, 2.24) is 14.8 Å². The van der Waals surface area contributed by atoms with Crippen molar-refractivity contribution in [2.75, 3.05) is 5.32 Å². The molecule has 2 rings (SSSR count). The van der Waals surface area contributed by atoms with Gasteiger partial charge in [-0.3, -0.25) is 4.79 Å². The first-order chi connectivity index (χ1) is 9.45. The van der Waals surface area contributed by atoms with Gasteiger partial charge in [0.1, 0.15) is 23.2 Å². The molecule has 1 aromatic heterocycles.